The number of aryl methyl sites for hydroxylation is 1. The molecule has 0 aliphatic carbocycles. The van der Waals surface area contributed by atoms with Crippen LogP contribution in [0.3, 0.4) is 0 Å². The highest BCUT2D eigenvalue weighted by Crippen LogP contribution is 2.22. The van der Waals surface area contributed by atoms with Gasteiger partial charge >= 0.3 is 0 Å². The number of nitrogens with zero attached hydrogens (tertiary/aromatic N) is 1. The van der Waals surface area contributed by atoms with Crippen molar-refractivity contribution < 1.29 is 4.74 Å². The van der Waals surface area contributed by atoms with Crippen LogP contribution < -0.4 is 10.5 Å². The van der Waals surface area contributed by atoms with Gasteiger partial charge in [0.05, 0.1) is 10.6 Å². The van der Waals surface area contributed by atoms with E-state index in [4.69, 9.17) is 27.5 Å². The molecule has 0 saturated carbocycles. The number of halogens is 1. The fourth-order valence-corrected chi connectivity index (χ4v) is 2.85. The minimum Gasteiger partial charge on any atom is -0.486 e. The summed E-state index contributed by atoms with van der Waals surface area (Å²) in [6.07, 6.45) is 1.79. The lowest BCUT2D eigenvalue weighted by molar-refractivity contribution is 0.305. The molecule has 0 bridgehead atoms. The number of hydrogen-bond acceptors (Lipinski definition) is 4. The Morgan fingerprint density at radius 3 is 2.95 bits per heavy atom. The highest BCUT2D eigenvalue weighted by atomic mass is 35.5. The number of nitrogen functional groups attached to an aromatic ring is 1. The van der Waals surface area contributed by atoms with Crippen molar-refractivity contribution in [2.45, 2.75) is 26.4 Å². The molecule has 3 N–H and O–H groups in total. The molecule has 20 heavy (non-hydrogen) atoms. The number of aromatic nitrogens is 1. The lowest BCUT2D eigenvalue weighted by atomic mass is 10.2. The van der Waals surface area contributed by atoms with Crippen molar-refractivity contribution in [3.63, 3.8) is 0 Å². The second kappa shape index (κ2) is 6.72. The van der Waals surface area contributed by atoms with Crippen molar-refractivity contribution in [1.82, 2.24) is 4.98 Å². The van der Waals surface area contributed by atoms with E-state index in [1.165, 1.54) is 11.3 Å². The lowest BCUT2D eigenvalue weighted by Crippen LogP contribution is -2.11. The van der Waals surface area contributed by atoms with Crippen molar-refractivity contribution in [1.29, 1.82) is 5.41 Å². The van der Waals surface area contributed by atoms with Crippen LogP contribution in [-0.2, 0) is 13.0 Å². The summed E-state index contributed by atoms with van der Waals surface area (Å²) < 4.78 is 5.65. The molecular formula is C14H16ClN3OS. The highest BCUT2D eigenvalue weighted by molar-refractivity contribution is 7.13. The average molecular weight is 310 g/mol. The molecule has 0 unspecified atom stereocenters. The topological polar surface area (TPSA) is 72.0 Å². The standard InChI is InChI=1S/C14H16ClN3OS/c1-2-4-11-13(14(16)17)20-12(18-11)8-19-10-6-3-5-9(15)7-10/h3,5-7H,2,4,8H2,1H3,(H3,16,17). The van der Waals surface area contributed by atoms with E-state index in [1.807, 2.05) is 12.1 Å². The second-order valence-corrected chi connectivity index (χ2v) is 5.81. The van der Waals surface area contributed by atoms with Crippen molar-refractivity contribution in [2.75, 3.05) is 0 Å². The Morgan fingerprint density at radius 1 is 1.50 bits per heavy atom. The normalized spacial score (nSPS) is 10.5. The zero-order valence-corrected chi connectivity index (χ0v) is 12.7. The summed E-state index contributed by atoms with van der Waals surface area (Å²) in [6.45, 7) is 2.43. The largest absolute Gasteiger partial charge is 0.486 e. The molecule has 1 heterocycles. The first kappa shape index (κ1) is 14.8. The zero-order chi connectivity index (χ0) is 14.5. The van der Waals surface area contributed by atoms with E-state index >= 15 is 0 Å². The SMILES string of the molecule is CCCc1nc(COc2cccc(Cl)c2)sc1C(=N)N. The fraction of sp³-hybridized carbons (Fsp3) is 0.286. The number of nitrogens with two attached hydrogens (primary N) is 1. The van der Waals surface area contributed by atoms with Gasteiger partial charge in [-0.15, -0.1) is 11.3 Å². The quantitative estimate of drug-likeness (QED) is 0.632. The summed E-state index contributed by atoms with van der Waals surface area (Å²) >= 11 is 7.31. The van der Waals surface area contributed by atoms with E-state index in [2.05, 4.69) is 11.9 Å². The smallest absolute Gasteiger partial charge is 0.140 e. The molecule has 6 heteroatoms. The molecule has 4 nitrogen and oxygen atoms in total. The molecule has 2 rings (SSSR count). The van der Waals surface area contributed by atoms with Crippen LogP contribution in [0, 0.1) is 5.41 Å². The Labute approximate surface area is 127 Å². The van der Waals surface area contributed by atoms with Gasteiger partial charge in [-0.25, -0.2) is 4.98 Å². The number of nitrogens with one attached hydrogen (secondary N) is 1. The fourth-order valence-electron chi connectivity index (χ4n) is 1.78. The summed E-state index contributed by atoms with van der Waals surface area (Å²) in [4.78, 5) is 5.25. The third-order valence-corrected chi connectivity index (χ3v) is 3.97. The van der Waals surface area contributed by atoms with Crippen molar-refractivity contribution in [2.24, 2.45) is 5.73 Å². The second-order valence-electron chi connectivity index (χ2n) is 4.29. The summed E-state index contributed by atoms with van der Waals surface area (Å²) in [7, 11) is 0. The van der Waals surface area contributed by atoms with Crippen LogP contribution in [0.2, 0.25) is 5.02 Å². The lowest BCUT2D eigenvalue weighted by Gasteiger charge is -2.03. The van der Waals surface area contributed by atoms with Gasteiger partial charge in [0.1, 0.15) is 23.2 Å². The van der Waals surface area contributed by atoms with E-state index in [0.29, 0.717) is 17.4 Å². The first-order chi connectivity index (χ1) is 9.60. The Kier molecular flexibility index (Phi) is 4.98. The van der Waals surface area contributed by atoms with Crippen LogP contribution in [0.4, 0.5) is 0 Å². The molecule has 1 aromatic carbocycles. The van der Waals surface area contributed by atoms with Gasteiger partial charge in [0.2, 0.25) is 0 Å². The van der Waals surface area contributed by atoms with Crippen molar-refractivity contribution in [3.05, 3.63) is 44.9 Å². The maximum Gasteiger partial charge on any atom is 0.140 e. The summed E-state index contributed by atoms with van der Waals surface area (Å²) in [6, 6.07) is 7.24. The molecule has 1 aromatic heterocycles. The third kappa shape index (κ3) is 3.71. The molecule has 0 saturated heterocycles. The summed E-state index contributed by atoms with van der Waals surface area (Å²) in [5, 5.41) is 9.04. The predicted octanol–water partition coefficient (Wildman–Crippen LogP) is 3.61. The van der Waals surface area contributed by atoms with E-state index in [9.17, 15) is 0 Å². The van der Waals surface area contributed by atoms with Gasteiger partial charge in [0, 0.05) is 5.02 Å². The number of amidine groups is 1. The highest BCUT2D eigenvalue weighted by Gasteiger charge is 2.13. The molecular weight excluding hydrogens is 294 g/mol. The summed E-state index contributed by atoms with van der Waals surface area (Å²) in [5.74, 6) is 0.772. The predicted molar refractivity (Wildman–Crippen MR) is 82.9 cm³/mol. The maximum absolute atomic E-state index is 7.58. The Morgan fingerprint density at radius 2 is 2.30 bits per heavy atom. The average Bonchev–Trinajstić information content (AvgIpc) is 2.80. The van der Waals surface area contributed by atoms with Gasteiger partial charge in [-0.1, -0.05) is 31.0 Å². The maximum atomic E-state index is 7.58. The number of thiazole rings is 1. The minimum absolute atomic E-state index is 0.0694. The van der Waals surface area contributed by atoms with Crippen LogP contribution in [0.25, 0.3) is 0 Å². The summed E-state index contributed by atoms with van der Waals surface area (Å²) in [5.41, 5.74) is 6.46. The molecule has 0 aliphatic rings. The van der Waals surface area contributed by atoms with Crippen molar-refractivity contribution in [3.8, 4) is 5.75 Å². The number of ether oxygens (including phenoxy) is 1. The van der Waals surface area contributed by atoms with Gasteiger partial charge in [0.25, 0.3) is 0 Å². The van der Waals surface area contributed by atoms with Crippen LogP contribution >= 0.6 is 22.9 Å². The van der Waals surface area contributed by atoms with Gasteiger partial charge < -0.3 is 10.5 Å². The third-order valence-electron chi connectivity index (χ3n) is 2.63. The molecule has 0 radical (unpaired) electrons. The first-order valence-electron chi connectivity index (χ1n) is 6.31. The number of hydrogen-bond donors (Lipinski definition) is 2. The monoisotopic (exact) mass is 309 g/mol. The van der Waals surface area contributed by atoms with Crippen LogP contribution in [0.15, 0.2) is 24.3 Å². The van der Waals surface area contributed by atoms with Gasteiger partial charge in [-0.05, 0) is 24.6 Å². The van der Waals surface area contributed by atoms with E-state index in [0.717, 1.165) is 28.4 Å². The Bertz CT molecular complexity index is 612. The Balaban J connectivity index is 2.09. The minimum atomic E-state index is 0.0694. The Hall–Kier alpha value is -1.59. The number of benzene rings is 1. The van der Waals surface area contributed by atoms with Gasteiger partial charge in [0.15, 0.2) is 0 Å². The van der Waals surface area contributed by atoms with E-state index < -0.39 is 0 Å². The zero-order valence-electron chi connectivity index (χ0n) is 11.1. The molecule has 0 spiro atoms. The van der Waals surface area contributed by atoms with E-state index in [-0.39, 0.29) is 5.84 Å². The van der Waals surface area contributed by atoms with Crippen LogP contribution in [0.5, 0.6) is 5.75 Å². The van der Waals surface area contributed by atoms with E-state index in [1.54, 1.807) is 12.1 Å². The van der Waals surface area contributed by atoms with Crippen LogP contribution in [-0.4, -0.2) is 10.8 Å². The molecule has 0 aliphatic heterocycles. The molecule has 0 amide bonds. The number of rotatable bonds is 6. The molecule has 2 aromatic rings. The molecule has 0 fully saturated rings. The molecule has 106 valence electrons. The van der Waals surface area contributed by atoms with Gasteiger partial charge in [-0.2, -0.15) is 0 Å². The first-order valence-corrected chi connectivity index (χ1v) is 7.51. The van der Waals surface area contributed by atoms with Crippen molar-refractivity contribution >= 4 is 28.8 Å². The molecule has 0 atom stereocenters. The van der Waals surface area contributed by atoms with Crippen LogP contribution in [0.1, 0.15) is 28.9 Å². The van der Waals surface area contributed by atoms with Gasteiger partial charge in [-0.3, -0.25) is 5.41 Å².